The van der Waals surface area contributed by atoms with Gasteiger partial charge in [0.1, 0.15) is 24.0 Å². The Morgan fingerprint density at radius 3 is 2.75 bits per heavy atom. The number of β-amino-alcohol motifs (C(OH)–C–C–N with tert-alkyl or cyclic N) is 1. The predicted octanol–water partition coefficient (Wildman–Crippen LogP) is 4.40. The highest BCUT2D eigenvalue weighted by molar-refractivity contribution is 5.87. The molecule has 36 heavy (non-hydrogen) atoms. The molecule has 0 radical (unpaired) electrons. The highest BCUT2D eigenvalue weighted by Gasteiger charge is 2.24. The fourth-order valence-electron chi connectivity index (χ4n) is 5.49. The third-order valence-corrected chi connectivity index (χ3v) is 7.45. The first kappa shape index (κ1) is 23.1. The Morgan fingerprint density at radius 2 is 1.94 bits per heavy atom. The molecule has 1 N–H and O–H groups in total. The minimum absolute atomic E-state index is 0.220. The van der Waals surface area contributed by atoms with Gasteiger partial charge in [0.15, 0.2) is 5.76 Å². The fraction of sp³-hybridized carbons (Fsp3) is 0.429. The minimum Gasteiger partial charge on any atom is -0.490 e. The molecule has 0 spiro atoms. The largest absolute Gasteiger partial charge is 0.490 e. The number of aromatic nitrogens is 2. The third kappa shape index (κ3) is 4.58. The van der Waals surface area contributed by atoms with Gasteiger partial charge >= 0.3 is 0 Å². The van der Waals surface area contributed by atoms with E-state index < -0.39 is 6.10 Å². The number of anilines is 1. The van der Waals surface area contributed by atoms with Gasteiger partial charge in [0.05, 0.1) is 5.39 Å². The molecule has 188 valence electrons. The molecule has 2 aliphatic heterocycles. The predicted molar refractivity (Wildman–Crippen MR) is 138 cm³/mol. The number of fused-ring (bicyclic) bond motifs is 2. The van der Waals surface area contributed by atoms with Gasteiger partial charge in [-0.15, -0.1) is 10.2 Å². The maximum Gasteiger partial charge on any atom is 0.283 e. The molecule has 4 aromatic rings. The summed E-state index contributed by atoms with van der Waals surface area (Å²) in [6, 6.07) is 14.5. The summed E-state index contributed by atoms with van der Waals surface area (Å²) in [6.07, 6.45) is 2.82. The van der Waals surface area contributed by atoms with Crippen LogP contribution in [0, 0.1) is 6.92 Å². The van der Waals surface area contributed by atoms with E-state index in [0.29, 0.717) is 41.3 Å². The van der Waals surface area contributed by atoms with Crippen LogP contribution in [0.25, 0.3) is 22.6 Å². The summed E-state index contributed by atoms with van der Waals surface area (Å²) in [6.45, 7) is 5.66. The van der Waals surface area contributed by atoms with Crippen LogP contribution in [0.4, 0.5) is 5.69 Å². The number of aryl methyl sites for hydroxylation is 1. The quantitative estimate of drug-likeness (QED) is 0.410. The second-order valence-electron chi connectivity index (χ2n) is 10.0. The zero-order valence-electron chi connectivity index (χ0n) is 20.8. The summed E-state index contributed by atoms with van der Waals surface area (Å²) in [7, 11) is 2.17. The molecule has 1 fully saturated rings. The van der Waals surface area contributed by atoms with Crippen LogP contribution in [0.2, 0.25) is 0 Å². The molecule has 1 atom stereocenters. The summed E-state index contributed by atoms with van der Waals surface area (Å²) in [4.78, 5) is 4.69. The lowest BCUT2D eigenvalue weighted by Crippen LogP contribution is -2.40. The van der Waals surface area contributed by atoms with E-state index in [2.05, 4.69) is 45.2 Å². The van der Waals surface area contributed by atoms with E-state index in [0.717, 1.165) is 44.3 Å². The molecule has 0 saturated carbocycles. The fourth-order valence-corrected chi connectivity index (χ4v) is 5.49. The lowest BCUT2D eigenvalue weighted by Gasteiger charge is -2.33. The van der Waals surface area contributed by atoms with Crippen molar-refractivity contribution in [3.63, 3.8) is 0 Å². The van der Waals surface area contributed by atoms with Crippen molar-refractivity contribution in [2.75, 3.05) is 44.7 Å². The Hall–Kier alpha value is -3.36. The van der Waals surface area contributed by atoms with E-state index in [9.17, 15) is 5.11 Å². The molecule has 0 bridgehead atoms. The number of likely N-dealkylation sites (N-methyl/N-ethyl adjacent to an activating group) is 1. The molecule has 1 saturated heterocycles. The monoisotopic (exact) mass is 488 g/mol. The van der Waals surface area contributed by atoms with Crippen molar-refractivity contribution < 1.29 is 18.7 Å². The van der Waals surface area contributed by atoms with Crippen molar-refractivity contribution in [1.82, 2.24) is 15.1 Å². The zero-order chi connectivity index (χ0) is 24.6. The van der Waals surface area contributed by atoms with Gasteiger partial charge in [-0.05, 0) is 67.6 Å². The molecule has 4 heterocycles. The molecule has 8 nitrogen and oxygen atoms in total. The SMILES string of the molecule is Cc1nnc(-c2cc3c(OCC(O)CN4CCC(c5ccc6c(c5)CCN6C)CC4)cccc3o2)o1. The number of hydrogen-bond donors (Lipinski definition) is 1. The van der Waals surface area contributed by atoms with E-state index >= 15 is 0 Å². The van der Waals surface area contributed by atoms with E-state index in [1.54, 1.807) is 6.92 Å². The Morgan fingerprint density at radius 1 is 1.08 bits per heavy atom. The molecular weight excluding hydrogens is 456 g/mol. The molecular formula is C28H32N4O4. The highest BCUT2D eigenvalue weighted by atomic mass is 16.5. The molecule has 8 heteroatoms. The molecule has 6 rings (SSSR count). The van der Waals surface area contributed by atoms with Crippen LogP contribution in [-0.2, 0) is 6.42 Å². The average Bonchev–Trinajstić information content (AvgIpc) is 3.61. The normalized spacial score (nSPS) is 17.6. The first-order valence-corrected chi connectivity index (χ1v) is 12.7. The molecule has 2 aromatic carbocycles. The van der Waals surface area contributed by atoms with Crippen LogP contribution in [0.15, 0.2) is 51.3 Å². The maximum absolute atomic E-state index is 10.7. The summed E-state index contributed by atoms with van der Waals surface area (Å²) in [5, 5.41) is 19.4. The number of ether oxygens (including phenoxy) is 1. The number of benzene rings is 2. The average molecular weight is 489 g/mol. The van der Waals surface area contributed by atoms with E-state index in [-0.39, 0.29) is 6.61 Å². The molecule has 1 unspecified atom stereocenters. The Kier molecular flexibility index (Phi) is 6.15. The van der Waals surface area contributed by atoms with E-state index in [4.69, 9.17) is 13.6 Å². The van der Waals surface area contributed by atoms with Crippen LogP contribution in [0.1, 0.15) is 35.8 Å². The van der Waals surface area contributed by atoms with Crippen molar-refractivity contribution in [3.05, 3.63) is 59.5 Å². The van der Waals surface area contributed by atoms with Crippen molar-refractivity contribution in [2.45, 2.75) is 38.2 Å². The lowest BCUT2D eigenvalue weighted by molar-refractivity contribution is 0.0599. The second-order valence-corrected chi connectivity index (χ2v) is 10.0. The Bertz CT molecular complexity index is 1350. The van der Waals surface area contributed by atoms with Gasteiger partial charge in [0.25, 0.3) is 5.89 Å². The van der Waals surface area contributed by atoms with Gasteiger partial charge in [-0.25, -0.2) is 0 Å². The maximum atomic E-state index is 10.7. The lowest BCUT2D eigenvalue weighted by atomic mass is 9.88. The molecule has 0 amide bonds. The number of likely N-dealkylation sites (tertiary alicyclic amines) is 1. The molecule has 0 aliphatic carbocycles. The Balaban J connectivity index is 1.03. The van der Waals surface area contributed by atoms with Gasteiger partial charge in [0.2, 0.25) is 5.89 Å². The van der Waals surface area contributed by atoms with Gasteiger partial charge in [-0.2, -0.15) is 0 Å². The first-order valence-electron chi connectivity index (χ1n) is 12.7. The van der Waals surface area contributed by atoms with E-state index in [1.807, 2.05) is 24.3 Å². The van der Waals surface area contributed by atoms with E-state index in [1.165, 1.54) is 16.8 Å². The van der Waals surface area contributed by atoms with Crippen molar-refractivity contribution in [1.29, 1.82) is 0 Å². The number of furan rings is 1. The van der Waals surface area contributed by atoms with Gasteiger partial charge in [0, 0.05) is 38.8 Å². The third-order valence-electron chi connectivity index (χ3n) is 7.45. The summed E-state index contributed by atoms with van der Waals surface area (Å²) >= 11 is 0. The first-order chi connectivity index (χ1) is 17.5. The highest BCUT2D eigenvalue weighted by Crippen LogP contribution is 2.35. The van der Waals surface area contributed by atoms with Crippen molar-refractivity contribution in [3.8, 4) is 17.4 Å². The molecule has 2 aromatic heterocycles. The standard InChI is InChI=1S/C28H32N4O4/c1-18-29-30-28(35-18)27-15-23-25(4-3-5-26(23)36-27)34-17-22(33)16-32-12-9-19(10-13-32)20-6-7-24-21(14-20)8-11-31(24)2/h3-7,14-15,19,22,33H,8-13,16-17H2,1-2H3. The van der Waals surface area contributed by atoms with Crippen LogP contribution in [-0.4, -0.2) is 66.1 Å². The topological polar surface area (TPSA) is 88.0 Å². The second kappa shape index (κ2) is 9.59. The van der Waals surface area contributed by atoms with Crippen molar-refractivity contribution in [2.24, 2.45) is 0 Å². The number of aliphatic hydroxyl groups is 1. The van der Waals surface area contributed by atoms with Crippen molar-refractivity contribution >= 4 is 16.7 Å². The van der Waals surface area contributed by atoms with Crippen LogP contribution in [0.5, 0.6) is 5.75 Å². The number of hydrogen-bond acceptors (Lipinski definition) is 8. The summed E-state index contributed by atoms with van der Waals surface area (Å²) in [5.41, 5.74) is 5.01. The summed E-state index contributed by atoms with van der Waals surface area (Å²) < 4.78 is 17.4. The summed E-state index contributed by atoms with van der Waals surface area (Å²) in [5.74, 6) is 2.58. The number of aliphatic hydroxyl groups excluding tert-OH is 1. The van der Waals surface area contributed by atoms with Crippen LogP contribution < -0.4 is 9.64 Å². The molecule has 2 aliphatic rings. The number of piperidine rings is 1. The smallest absolute Gasteiger partial charge is 0.283 e. The number of rotatable bonds is 7. The van der Waals surface area contributed by atoms with Crippen LogP contribution in [0.3, 0.4) is 0 Å². The number of nitrogens with zero attached hydrogens (tertiary/aromatic N) is 4. The van der Waals surface area contributed by atoms with Gasteiger partial charge < -0.3 is 28.5 Å². The zero-order valence-corrected chi connectivity index (χ0v) is 20.8. The minimum atomic E-state index is -0.572. The Labute approximate surface area is 210 Å². The van der Waals surface area contributed by atoms with Gasteiger partial charge in [-0.3, -0.25) is 0 Å². The van der Waals surface area contributed by atoms with Gasteiger partial charge in [-0.1, -0.05) is 18.2 Å². The van der Waals surface area contributed by atoms with Crippen LogP contribution >= 0.6 is 0 Å².